The van der Waals surface area contributed by atoms with Gasteiger partial charge in [0.15, 0.2) is 0 Å². The van der Waals surface area contributed by atoms with Crippen LogP contribution in [0.5, 0.6) is 11.6 Å². The lowest BCUT2D eigenvalue weighted by Gasteiger charge is -2.38. The number of benzene rings is 2. The van der Waals surface area contributed by atoms with E-state index in [0.717, 1.165) is 35.4 Å². The lowest BCUT2D eigenvalue weighted by Crippen LogP contribution is -2.53. The van der Waals surface area contributed by atoms with Crippen LogP contribution in [-0.2, 0) is 0 Å². The molecule has 1 aliphatic heterocycles. The molecule has 1 aliphatic rings. The fourth-order valence-electron chi connectivity index (χ4n) is 4.19. The lowest BCUT2D eigenvalue weighted by molar-refractivity contribution is 0.201. The zero-order chi connectivity index (χ0) is 23.4. The van der Waals surface area contributed by atoms with Crippen LogP contribution in [0.15, 0.2) is 54.6 Å². The molecule has 0 aliphatic carbocycles. The fraction of sp³-hybridized carbons (Fsp3) is 0.385. The number of anilines is 2. The largest absolute Gasteiger partial charge is 0.491 e. The van der Waals surface area contributed by atoms with Crippen LogP contribution >= 0.6 is 0 Å². The van der Waals surface area contributed by atoms with Crippen molar-refractivity contribution in [2.24, 2.45) is 0 Å². The quantitative estimate of drug-likeness (QED) is 0.542. The first-order chi connectivity index (χ1) is 16.0. The number of amides is 2. The maximum absolute atomic E-state index is 13.5. The van der Waals surface area contributed by atoms with E-state index in [-0.39, 0.29) is 12.1 Å². The number of hydrogen-bond acceptors (Lipinski definition) is 5. The number of methoxy groups -OCH3 is 1. The maximum atomic E-state index is 13.5. The molecule has 0 radical (unpaired) electrons. The van der Waals surface area contributed by atoms with E-state index >= 15 is 0 Å². The number of urea groups is 1. The smallest absolute Gasteiger partial charge is 0.324 e. The summed E-state index contributed by atoms with van der Waals surface area (Å²) in [5.74, 6) is 1.33. The van der Waals surface area contributed by atoms with E-state index in [9.17, 15) is 4.79 Å². The first-order valence-electron chi connectivity index (χ1n) is 11.5. The third kappa shape index (κ3) is 4.97. The molecule has 0 spiro atoms. The Balaban J connectivity index is 1.48. The topological polar surface area (TPSA) is 58.1 Å². The van der Waals surface area contributed by atoms with Gasteiger partial charge in [0.1, 0.15) is 11.4 Å². The summed E-state index contributed by atoms with van der Waals surface area (Å²) < 4.78 is 11.4. The second-order valence-corrected chi connectivity index (χ2v) is 8.37. The van der Waals surface area contributed by atoms with Crippen molar-refractivity contribution < 1.29 is 14.3 Å². The van der Waals surface area contributed by atoms with Gasteiger partial charge in [0.2, 0.25) is 5.88 Å². The highest BCUT2D eigenvalue weighted by molar-refractivity contribution is 5.96. The normalized spacial score (nSPS) is 14.0. The van der Waals surface area contributed by atoms with Crippen LogP contribution in [-0.4, -0.2) is 61.9 Å². The van der Waals surface area contributed by atoms with Gasteiger partial charge in [0, 0.05) is 49.9 Å². The molecular weight excluding hydrogens is 416 g/mol. The number of piperazine rings is 1. The number of aromatic nitrogens is 1. The summed E-state index contributed by atoms with van der Waals surface area (Å²) in [6.07, 6.45) is 0.135. The van der Waals surface area contributed by atoms with E-state index in [1.165, 1.54) is 0 Å². The lowest BCUT2D eigenvalue weighted by atomic mass is 10.2. The number of pyridine rings is 1. The van der Waals surface area contributed by atoms with Crippen molar-refractivity contribution in [3.8, 4) is 11.6 Å². The summed E-state index contributed by atoms with van der Waals surface area (Å²) in [6, 6.07) is 18.0. The van der Waals surface area contributed by atoms with Crippen LogP contribution in [0.2, 0.25) is 0 Å². The SMILES string of the molecule is CCN(C(=O)N1CCN(c2cccc(OC(C)C)c2)CC1)c1cc2ccccc2nc1OC. The van der Waals surface area contributed by atoms with E-state index in [1.807, 2.05) is 68.1 Å². The molecule has 7 nitrogen and oxygen atoms in total. The van der Waals surface area contributed by atoms with Gasteiger partial charge in [-0.15, -0.1) is 0 Å². The van der Waals surface area contributed by atoms with Gasteiger partial charge in [-0.3, -0.25) is 4.90 Å². The molecule has 2 amide bonds. The van der Waals surface area contributed by atoms with E-state index in [1.54, 1.807) is 12.0 Å². The Labute approximate surface area is 195 Å². The van der Waals surface area contributed by atoms with Crippen LogP contribution in [0.1, 0.15) is 20.8 Å². The van der Waals surface area contributed by atoms with E-state index in [0.29, 0.717) is 31.2 Å². The summed E-state index contributed by atoms with van der Waals surface area (Å²) in [7, 11) is 1.59. The highest BCUT2D eigenvalue weighted by Crippen LogP contribution is 2.31. The number of carbonyl (C=O) groups is 1. The molecule has 1 saturated heterocycles. The number of nitrogens with zero attached hydrogens (tertiary/aromatic N) is 4. The molecule has 0 unspecified atom stereocenters. The number of ether oxygens (including phenoxy) is 2. The van der Waals surface area contributed by atoms with Crippen molar-refractivity contribution in [1.82, 2.24) is 9.88 Å². The highest BCUT2D eigenvalue weighted by atomic mass is 16.5. The van der Waals surface area contributed by atoms with Gasteiger partial charge < -0.3 is 19.3 Å². The summed E-state index contributed by atoms with van der Waals surface area (Å²) in [5.41, 5.74) is 2.66. The van der Waals surface area contributed by atoms with E-state index in [2.05, 4.69) is 22.0 Å². The first-order valence-corrected chi connectivity index (χ1v) is 11.5. The minimum atomic E-state index is -0.0237. The van der Waals surface area contributed by atoms with Gasteiger partial charge in [-0.1, -0.05) is 24.3 Å². The van der Waals surface area contributed by atoms with Crippen molar-refractivity contribution in [1.29, 1.82) is 0 Å². The molecular formula is C26H32N4O3. The molecule has 0 N–H and O–H groups in total. The summed E-state index contributed by atoms with van der Waals surface area (Å²) in [4.78, 5) is 24.1. The molecule has 2 aromatic carbocycles. The Bertz CT molecular complexity index is 1110. The Morgan fingerprint density at radius 3 is 2.52 bits per heavy atom. The first kappa shape index (κ1) is 22.7. The molecule has 2 heterocycles. The van der Waals surface area contributed by atoms with Crippen molar-refractivity contribution in [2.75, 3.05) is 49.6 Å². The van der Waals surface area contributed by atoms with E-state index in [4.69, 9.17) is 9.47 Å². The third-order valence-corrected chi connectivity index (χ3v) is 5.81. The van der Waals surface area contributed by atoms with Crippen LogP contribution in [0.4, 0.5) is 16.2 Å². The van der Waals surface area contributed by atoms with Crippen molar-refractivity contribution in [2.45, 2.75) is 26.9 Å². The number of carbonyl (C=O) groups excluding carboxylic acids is 1. The molecule has 3 aromatic rings. The zero-order valence-corrected chi connectivity index (χ0v) is 19.8. The van der Waals surface area contributed by atoms with Crippen LogP contribution < -0.4 is 19.3 Å². The summed E-state index contributed by atoms with van der Waals surface area (Å²) in [6.45, 7) is 9.38. The minimum absolute atomic E-state index is 0.0237. The summed E-state index contributed by atoms with van der Waals surface area (Å²) >= 11 is 0. The average molecular weight is 449 g/mol. The average Bonchev–Trinajstić information content (AvgIpc) is 2.84. The molecule has 4 rings (SSSR count). The monoisotopic (exact) mass is 448 g/mol. The summed E-state index contributed by atoms with van der Waals surface area (Å²) in [5, 5.41) is 0.980. The van der Waals surface area contributed by atoms with Gasteiger partial charge in [-0.05, 0) is 45.0 Å². The van der Waals surface area contributed by atoms with Gasteiger partial charge in [0.05, 0.1) is 18.7 Å². The predicted octanol–water partition coefficient (Wildman–Crippen LogP) is 4.80. The van der Waals surface area contributed by atoms with E-state index < -0.39 is 0 Å². The van der Waals surface area contributed by atoms with Gasteiger partial charge in [0.25, 0.3) is 0 Å². The molecule has 7 heteroatoms. The molecule has 174 valence electrons. The molecule has 1 fully saturated rings. The predicted molar refractivity (Wildman–Crippen MR) is 133 cm³/mol. The third-order valence-electron chi connectivity index (χ3n) is 5.81. The van der Waals surface area contributed by atoms with Crippen molar-refractivity contribution in [3.63, 3.8) is 0 Å². The number of hydrogen-bond donors (Lipinski definition) is 0. The number of rotatable bonds is 6. The second kappa shape index (κ2) is 9.98. The number of fused-ring (bicyclic) bond motifs is 1. The molecule has 0 saturated carbocycles. The second-order valence-electron chi connectivity index (χ2n) is 8.37. The molecule has 0 bridgehead atoms. The molecule has 1 aromatic heterocycles. The fourth-order valence-corrected chi connectivity index (χ4v) is 4.19. The Morgan fingerprint density at radius 2 is 1.82 bits per heavy atom. The Hall–Kier alpha value is -3.48. The zero-order valence-electron chi connectivity index (χ0n) is 19.8. The van der Waals surface area contributed by atoms with Crippen molar-refractivity contribution >= 4 is 28.3 Å². The number of para-hydroxylation sites is 1. The standard InChI is InChI=1S/C26H32N4O3/c1-5-30(24-17-20-9-6-7-12-23(20)27-25(24)32-4)26(31)29-15-13-28(14-16-29)21-10-8-11-22(18-21)33-19(2)3/h6-12,17-19H,5,13-16H2,1-4H3. The maximum Gasteiger partial charge on any atom is 0.324 e. The van der Waals surface area contributed by atoms with Crippen LogP contribution in [0.3, 0.4) is 0 Å². The highest BCUT2D eigenvalue weighted by Gasteiger charge is 2.28. The Morgan fingerprint density at radius 1 is 1.06 bits per heavy atom. The van der Waals surface area contributed by atoms with Crippen molar-refractivity contribution in [3.05, 3.63) is 54.6 Å². The van der Waals surface area contributed by atoms with Crippen LogP contribution in [0, 0.1) is 0 Å². The molecule has 33 heavy (non-hydrogen) atoms. The van der Waals surface area contributed by atoms with Gasteiger partial charge in [-0.25, -0.2) is 9.78 Å². The minimum Gasteiger partial charge on any atom is -0.491 e. The Kier molecular flexibility index (Phi) is 6.87. The van der Waals surface area contributed by atoms with Gasteiger partial charge >= 0.3 is 6.03 Å². The van der Waals surface area contributed by atoms with Crippen LogP contribution in [0.25, 0.3) is 10.9 Å². The van der Waals surface area contributed by atoms with Gasteiger partial charge in [-0.2, -0.15) is 0 Å². The molecule has 0 atom stereocenters.